The highest BCUT2D eigenvalue weighted by Gasteiger charge is 2.11. The Morgan fingerprint density at radius 2 is 2.06 bits per heavy atom. The van der Waals surface area contributed by atoms with Crippen LogP contribution in [0.5, 0.6) is 0 Å². The van der Waals surface area contributed by atoms with E-state index in [2.05, 4.69) is 48.8 Å². The molecule has 0 fully saturated rings. The molecule has 0 aliphatic carbocycles. The average Bonchev–Trinajstić information content (AvgIpc) is 2.73. The second kappa shape index (κ2) is 5.52. The van der Waals surface area contributed by atoms with E-state index in [1.165, 1.54) is 15.8 Å². The first-order chi connectivity index (χ1) is 8.22. The molecule has 0 bridgehead atoms. The van der Waals surface area contributed by atoms with E-state index < -0.39 is 0 Å². The van der Waals surface area contributed by atoms with Crippen LogP contribution in [0.2, 0.25) is 0 Å². The summed E-state index contributed by atoms with van der Waals surface area (Å²) in [5.41, 5.74) is 7.03. The minimum atomic E-state index is 0.536. The van der Waals surface area contributed by atoms with E-state index >= 15 is 0 Å². The fourth-order valence-corrected chi connectivity index (χ4v) is 2.86. The lowest BCUT2D eigenvalue weighted by Crippen LogP contribution is -2.27. The highest BCUT2D eigenvalue weighted by atomic mass is 32.1. The van der Waals surface area contributed by atoms with Gasteiger partial charge in [0.1, 0.15) is 0 Å². The zero-order valence-electron chi connectivity index (χ0n) is 10.4. The van der Waals surface area contributed by atoms with Gasteiger partial charge in [0.05, 0.1) is 5.69 Å². The van der Waals surface area contributed by atoms with E-state index in [1.807, 2.05) is 0 Å². The maximum absolute atomic E-state index is 5.79. The van der Waals surface area contributed by atoms with Crippen LogP contribution in [0.25, 0.3) is 10.1 Å². The first-order valence-corrected chi connectivity index (χ1v) is 7.00. The van der Waals surface area contributed by atoms with Crippen LogP contribution < -0.4 is 11.1 Å². The van der Waals surface area contributed by atoms with Gasteiger partial charge in [0.2, 0.25) is 0 Å². The quantitative estimate of drug-likeness (QED) is 0.849. The molecule has 3 heteroatoms. The second-order valence-electron chi connectivity index (χ2n) is 4.77. The lowest BCUT2D eigenvalue weighted by Gasteiger charge is -2.19. The Kier molecular flexibility index (Phi) is 4.02. The highest BCUT2D eigenvalue weighted by Crippen LogP contribution is 2.30. The van der Waals surface area contributed by atoms with Gasteiger partial charge in [-0.25, -0.2) is 0 Å². The summed E-state index contributed by atoms with van der Waals surface area (Å²) >= 11 is 1.79. The fourth-order valence-electron chi connectivity index (χ4n) is 1.95. The van der Waals surface area contributed by atoms with Crippen molar-refractivity contribution >= 4 is 27.1 Å². The van der Waals surface area contributed by atoms with Crippen molar-refractivity contribution in [3.05, 3.63) is 29.6 Å². The number of nitrogens with one attached hydrogen (secondary N) is 1. The molecule has 0 saturated carbocycles. The Labute approximate surface area is 107 Å². The van der Waals surface area contributed by atoms with E-state index in [9.17, 15) is 0 Å². The lowest BCUT2D eigenvalue weighted by molar-refractivity contribution is 0.413. The zero-order valence-corrected chi connectivity index (χ0v) is 11.3. The summed E-state index contributed by atoms with van der Waals surface area (Å²) in [7, 11) is 0. The van der Waals surface area contributed by atoms with Crippen LogP contribution in [0.4, 0.5) is 5.69 Å². The van der Waals surface area contributed by atoms with Crippen molar-refractivity contribution < 1.29 is 0 Å². The monoisotopic (exact) mass is 248 g/mol. The molecule has 0 spiro atoms. The van der Waals surface area contributed by atoms with E-state index in [1.54, 1.807) is 11.3 Å². The number of hydrogen-bond donors (Lipinski definition) is 2. The number of fused-ring (bicyclic) bond motifs is 1. The standard InChI is InChI=1S/C14H20N2S/c1-10(2)11(7-15)8-16-13-9-17-14-6-4-3-5-12(13)14/h3-6,9-11,16H,7-8,15H2,1-2H3. The molecule has 1 aromatic carbocycles. The van der Waals surface area contributed by atoms with Crippen LogP contribution in [-0.4, -0.2) is 13.1 Å². The van der Waals surface area contributed by atoms with Gasteiger partial charge < -0.3 is 11.1 Å². The largest absolute Gasteiger partial charge is 0.384 e. The van der Waals surface area contributed by atoms with Crippen molar-refractivity contribution in [2.45, 2.75) is 13.8 Å². The maximum atomic E-state index is 5.79. The molecule has 0 aliphatic rings. The molecule has 92 valence electrons. The first kappa shape index (κ1) is 12.4. The van der Waals surface area contributed by atoms with Crippen molar-refractivity contribution in [2.75, 3.05) is 18.4 Å². The molecule has 0 aliphatic heterocycles. The molecule has 1 atom stereocenters. The molecular formula is C14H20N2S. The molecule has 0 amide bonds. The molecule has 2 aromatic rings. The third-order valence-electron chi connectivity index (χ3n) is 3.28. The summed E-state index contributed by atoms with van der Waals surface area (Å²) in [6.45, 7) is 6.15. The number of rotatable bonds is 5. The van der Waals surface area contributed by atoms with Crippen LogP contribution in [0, 0.1) is 11.8 Å². The van der Waals surface area contributed by atoms with Gasteiger partial charge in [0.15, 0.2) is 0 Å². The number of hydrogen-bond acceptors (Lipinski definition) is 3. The molecule has 2 nitrogen and oxygen atoms in total. The van der Waals surface area contributed by atoms with Gasteiger partial charge in [0.25, 0.3) is 0 Å². The number of thiophene rings is 1. The molecule has 2 rings (SSSR count). The minimum absolute atomic E-state index is 0.536. The summed E-state index contributed by atoms with van der Waals surface area (Å²) in [4.78, 5) is 0. The molecular weight excluding hydrogens is 228 g/mol. The Morgan fingerprint density at radius 3 is 2.76 bits per heavy atom. The SMILES string of the molecule is CC(C)C(CN)CNc1csc2ccccc12. The van der Waals surface area contributed by atoms with E-state index in [0.29, 0.717) is 11.8 Å². The van der Waals surface area contributed by atoms with Gasteiger partial charge in [-0.05, 0) is 24.4 Å². The molecule has 0 saturated heterocycles. The van der Waals surface area contributed by atoms with Crippen LogP contribution >= 0.6 is 11.3 Å². The maximum Gasteiger partial charge on any atom is 0.0529 e. The number of anilines is 1. The normalized spacial score (nSPS) is 13.2. The third kappa shape index (κ3) is 2.79. The smallest absolute Gasteiger partial charge is 0.0529 e. The number of benzene rings is 1. The van der Waals surface area contributed by atoms with E-state index in [4.69, 9.17) is 5.73 Å². The summed E-state index contributed by atoms with van der Waals surface area (Å²) in [5.74, 6) is 1.16. The van der Waals surface area contributed by atoms with Gasteiger partial charge in [-0.3, -0.25) is 0 Å². The van der Waals surface area contributed by atoms with Crippen molar-refractivity contribution in [1.82, 2.24) is 0 Å². The predicted octanol–water partition coefficient (Wildman–Crippen LogP) is 3.54. The average molecular weight is 248 g/mol. The van der Waals surface area contributed by atoms with Crippen molar-refractivity contribution in [3.63, 3.8) is 0 Å². The van der Waals surface area contributed by atoms with Crippen molar-refractivity contribution in [3.8, 4) is 0 Å². The zero-order chi connectivity index (χ0) is 12.3. The van der Waals surface area contributed by atoms with Gasteiger partial charge in [-0.2, -0.15) is 0 Å². The molecule has 3 N–H and O–H groups in total. The summed E-state index contributed by atoms with van der Waals surface area (Å²) in [6, 6.07) is 8.50. The van der Waals surface area contributed by atoms with Gasteiger partial charge >= 0.3 is 0 Å². The Hall–Kier alpha value is -1.06. The Balaban J connectivity index is 2.08. The van der Waals surface area contributed by atoms with Gasteiger partial charge in [-0.15, -0.1) is 11.3 Å². The van der Waals surface area contributed by atoms with E-state index in [-0.39, 0.29) is 0 Å². The Bertz CT molecular complexity index is 476. The molecule has 17 heavy (non-hydrogen) atoms. The number of nitrogens with two attached hydrogens (primary N) is 1. The first-order valence-electron chi connectivity index (χ1n) is 6.12. The van der Waals surface area contributed by atoms with Gasteiger partial charge in [-0.1, -0.05) is 32.0 Å². The topological polar surface area (TPSA) is 38.0 Å². The van der Waals surface area contributed by atoms with Gasteiger partial charge in [0, 0.05) is 22.0 Å². The second-order valence-corrected chi connectivity index (χ2v) is 5.68. The van der Waals surface area contributed by atoms with Crippen molar-refractivity contribution in [2.24, 2.45) is 17.6 Å². The third-order valence-corrected chi connectivity index (χ3v) is 4.24. The molecule has 0 radical (unpaired) electrons. The van der Waals surface area contributed by atoms with Crippen LogP contribution in [-0.2, 0) is 0 Å². The van der Waals surface area contributed by atoms with Crippen LogP contribution in [0.3, 0.4) is 0 Å². The lowest BCUT2D eigenvalue weighted by atomic mass is 9.96. The summed E-state index contributed by atoms with van der Waals surface area (Å²) < 4.78 is 1.34. The molecule has 1 unspecified atom stereocenters. The van der Waals surface area contributed by atoms with Crippen molar-refractivity contribution in [1.29, 1.82) is 0 Å². The predicted molar refractivity (Wildman–Crippen MR) is 77.7 cm³/mol. The molecule has 1 aromatic heterocycles. The highest BCUT2D eigenvalue weighted by molar-refractivity contribution is 7.17. The minimum Gasteiger partial charge on any atom is -0.384 e. The Morgan fingerprint density at radius 1 is 1.29 bits per heavy atom. The van der Waals surface area contributed by atoms with E-state index in [0.717, 1.165) is 13.1 Å². The molecule has 1 heterocycles. The van der Waals surface area contributed by atoms with Crippen LogP contribution in [0.1, 0.15) is 13.8 Å². The fraction of sp³-hybridized carbons (Fsp3) is 0.429. The van der Waals surface area contributed by atoms with Crippen LogP contribution in [0.15, 0.2) is 29.6 Å². The summed E-state index contributed by atoms with van der Waals surface area (Å²) in [5, 5.41) is 7.04. The summed E-state index contributed by atoms with van der Waals surface area (Å²) in [6.07, 6.45) is 0.